The number of nitrogens with one attached hydrogen (secondary N) is 1. The summed E-state index contributed by atoms with van der Waals surface area (Å²) >= 11 is 1.86. The Labute approximate surface area is 136 Å². The van der Waals surface area contributed by atoms with Crippen LogP contribution in [0.5, 0.6) is 0 Å². The quantitative estimate of drug-likeness (QED) is 0.795. The Balaban J connectivity index is 1.71. The summed E-state index contributed by atoms with van der Waals surface area (Å²) in [6.07, 6.45) is 2.85. The molecule has 5 heteroatoms. The third-order valence-corrected chi connectivity index (χ3v) is 5.66. The molecular weight excluding hydrogens is 296 g/mol. The first kappa shape index (κ1) is 15.8. The van der Waals surface area contributed by atoms with Crippen LogP contribution in [0.4, 0.5) is 4.79 Å². The smallest absolute Gasteiger partial charge is 0.410 e. The van der Waals surface area contributed by atoms with E-state index in [9.17, 15) is 4.79 Å². The van der Waals surface area contributed by atoms with Crippen molar-refractivity contribution in [1.29, 1.82) is 0 Å². The number of hydrogen-bond donors (Lipinski definition) is 1. The van der Waals surface area contributed by atoms with Gasteiger partial charge in [-0.15, -0.1) is 11.3 Å². The molecule has 1 amide bonds. The summed E-state index contributed by atoms with van der Waals surface area (Å²) in [5, 5.41) is 6.01. The maximum Gasteiger partial charge on any atom is 0.410 e. The molecule has 1 aromatic heterocycles. The average Bonchev–Trinajstić information content (AvgIpc) is 2.86. The lowest BCUT2D eigenvalue weighted by atomic mass is 9.79. The van der Waals surface area contributed by atoms with E-state index < -0.39 is 5.60 Å². The van der Waals surface area contributed by atoms with Gasteiger partial charge in [0.05, 0.1) is 5.54 Å². The van der Waals surface area contributed by atoms with Gasteiger partial charge in [-0.25, -0.2) is 4.79 Å². The standard InChI is InChI=1S/C17H26N2O2S/c1-12-11-13-5-10-22-14(13)17(18-12)6-8-19(9-7-17)15(20)21-16(2,3)4/h5,10,12,18H,6-9,11H2,1-4H3/t12-/m0/s1. The first-order valence-corrected chi connectivity index (χ1v) is 8.99. The van der Waals surface area contributed by atoms with Crippen LogP contribution in [0.1, 0.15) is 51.0 Å². The molecule has 0 aromatic carbocycles. The summed E-state index contributed by atoms with van der Waals surface area (Å²) in [6, 6.07) is 2.76. The van der Waals surface area contributed by atoms with E-state index in [-0.39, 0.29) is 11.6 Å². The third-order valence-electron chi connectivity index (χ3n) is 4.50. The fraction of sp³-hybridized carbons (Fsp3) is 0.706. The van der Waals surface area contributed by atoms with Gasteiger partial charge in [-0.05, 0) is 64.0 Å². The number of fused-ring (bicyclic) bond motifs is 2. The second-order valence-electron chi connectivity index (χ2n) is 7.57. The van der Waals surface area contributed by atoms with Crippen molar-refractivity contribution in [2.24, 2.45) is 0 Å². The van der Waals surface area contributed by atoms with Gasteiger partial charge in [0.25, 0.3) is 0 Å². The number of likely N-dealkylation sites (tertiary alicyclic amines) is 1. The molecule has 0 unspecified atom stereocenters. The predicted molar refractivity (Wildman–Crippen MR) is 89.3 cm³/mol. The average molecular weight is 322 g/mol. The minimum Gasteiger partial charge on any atom is -0.444 e. The molecule has 1 N–H and O–H groups in total. The van der Waals surface area contributed by atoms with Crippen LogP contribution in [0.3, 0.4) is 0 Å². The first-order chi connectivity index (χ1) is 10.3. The molecule has 3 heterocycles. The van der Waals surface area contributed by atoms with Gasteiger partial charge < -0.3 is 15.0 Å². The SMILES string of the molecule is C[C@H]1Cc2ccsc2C2(CCN(C(=O)OC(C)(C)C)CC2)N1. The molecule has 2 aliphatic heterocycles. The van der Waals surface area contributed by atoms with Crippen molar-refractivity contribution >= 4 is 17.4 Å². The highest BCUT2D eigenvalue weighted by molar-refractivity contribution is 7.10. The molecule has 4 nitrogen and oxygen atoms in total. The second-order valence-corrected chi connectivity index (χ2v) is 8.49. The largest absolute Gasteiger partial charge is 0.444 e. The monoisotopic (exact) mass is 322 g/mol. The second kappa shape index (κ2) is 5.53. The van der Waals surface area contributed by atoms with E-state index in [1.165, 1.54) is 10.4 Å². The Morgan fingerprint density at radius 2 is 2.09 bits per heavy atom. The lowest BCUT2D eigenvalue weighted by Crippen LogP contribution is -2.57. The molecule has 2 aliphatic rings. The van der Waals surface area contributed by atoms with Crippen LogP contribution in [-0.4, -0.2) is 35.7 Å². The number of piperidine rings is 1. The van der Waals surface area contributed by atoms with E-state index in [0.29, 0.717) is 6.04 Å². The molecule has 1 saturated heterocycles. The molecule has 1 spiro atoms. The highest BCUT2D eigenvalue weighted by atomic mass is 32.1. The minimum atomic E-state index is -0.426. The van der Waals surface area contributed by atoms with Crippen LogP contribution in [0.15, 0.2) is 11.4 Å². The molecule has 1 aromatic rings. The van der Waals surface area contributed by atoms with E-state index >= 15 is 0 Å². The summed E-state index contributed by atoms with van der Waals surface area (Å²) in [6.45, 7) is 9.51. The van der Waals surface area contributed by atoms with Gasteiger partial charge in [-0.2, -0.15) is 0 Å². The molecule has 22 heavy (non-hydrogen) atoms. The molecule has 1 fully saturated rings. The van der Waals surface area contributed by atoms with Crippen molar-refractivity contribution in [1.82, 2.24) is 10.2 Å². The molecule has 1 atom stereocenters. The lowest BCUT2D eigenvalue weighted by Gasteiger charge is -2.46. The number of nitrogens with zero attached hydrogens (tertiary/aromatic N) is 1. The maximum absolute atomic E-state index is 12.2. The maximum atomic E-state index is 12.2. The van der Waals surface area contributed by atoms with Crippen LogP contribution in [0, 0.1) is 0 Å². The molecule has 0 bridgehead atoms. The van der Waals surface area contributed by atoms with Crippen molar-refractivity contribution in [3.63, 3.8) is 0 Å². The zero-order chi connectivity index (χ0) is 16.0. The summed E-state index contributed by atoms with van der Waals surface area (Å²) < 4.78 is 5.50. The van der Waals surface area contributed by atoms with Crippen molar-refractivity contribution in [3.05, 3.63) is 21.9 Å². The van der Waals surface area contributed by atoms with Crippen molar-refractivity contribution in [2.45, 2.75) is 64.1 Å². The normalized spacial score (nSPS) is 24.2. The Morgan fingerprint density at radius 1 is 1.41 bits per heavy atom. The number of amides is 1. The zero-order valence-electron chi connectivity index (χ0n) is 13.9. The predicted octanol–water partition coefficient (Wildman–Crippen LogP) is 3.51. The van der Waals surface area contributed by atoms with Gasteiger partial charge in [0.1, 0.15) is 5.60 Å². The van der Waals surface area contributed by atoms with Gasteiger partial charge in [0.2, 0.25) is 0 Å². The topological polar surface area (TPSA) is 41.6 Å². The van der Waals surface area contributed by atoms with E-state index in [0.717, 1.165) is 32.4 Å². The van der Waals surface area contributed by atoms with Crippen LogP contribution >= 0.6 is 11.3 Å². The van der Waals surface area contributed by atoms with Gasteiger partial charge in [0, 0.05) is 24.0 Å². The van der Waals surface area contributed by atoms with E-state index in [1.54, 1.807) is 0 Å². The lowest BCUT2D eigenvalue weighted by molar-refractivity contribution is 0.0133. The number of thiophene rings is 1. The van der Waals surface area contributed by atoms with E-state index in [1.807, 2.05) is 37.0 Å². The number of hydrogen-bond acceptors (Lipinski definition) is 4. The molecule has 0 radical (unpaired) electrons. The van der Waals surface area contributed by atoms with Crippen LogP contribution < -0.4 is 5.32 Å². The highest BCUT2D eigenvalue weighted by Crippen LogP contribution is 2.42. The fourth-order valence-electron chi connectivity index (χ4n) is 3.60. The summed E-state index contributed by atoms with van der Waals surface area (Å²) in [5.41, 5.74) is 1.12. The number of carbonyl (C=O) groups excluding carboxylic acids is 1. The van der Waals surface area contributed by atoms with Crippen LogP contribution in [-0.2, 0) is 16.7 Å². The van der Waals surface area contributed by atoms with Crippen molar-refractivity contribution in [2.75, 3.05) is 13.1 Å². The van der Waals surface area contributed by atoms with E-state index in [4.69, 9.17) is 4.74 Å². The van der Waals surface area contributed by atoms with Gasteiger partial charge in [0.15, 0.2) is 0 Å². The third kappa shape index (κ3) is 3.01. The summed E-state index contributed by atoms with van der Waals surface area (Å²) in [7, 11) is 0. The summed E-state index contributed by atoms with van der Waals surface area (Å²) in [4.78, 5) is 15.6. The van der Waals surface area contributed by atoms with Crippen LogP contribution in [0.25, 0.3) is 0 Å². The van der Waals surface area contributed by atoms with Crippen molar-refractivity contribution in [3.8, 4) is 0 Å². The van der Waals surface area contributed by atoms with Crippen LogP contribution in [0.2, 0.25) is 0 Å². The molecule has 0 saturated carbocycles. The molecule has 122 valence electrons. The summed E-state index contributed by atoms with van der Waals surface area (Å²) in [5.74, 6) is 0. The van der Waals surface area contributed by atoms with Gasteiger partial charge in [-0.1, -0.05) is 0 Å². The Hall–Kier alpha value is -1.07. The van der Waals surface area contributed by atoms with Gasteiger partial charge >= 0.3 is 6.09 Å². The molecule has 0 aliphatic carbocycles. The zero-order valence-corrected chi connectivity index (χ0v) is 14.8. The Kier molecular flexibility index (Phi) is 3.98. The highest BCUT2D eigenvalue weighted by Gasteiger charge is 2.43. The van der Waals surface area contributed by atoms with Gasteiger partial charge in [-0.3, -0.25) is 0 Å². The number of rotatable bonds is 0. The first-order valence-electron chi connectivity index (χ1n) is 8.12. The number of carbonyl (C=O) groups is 1. The fourth-order valence-corrected chi connectivity index (χ4v) is 4.76. The molecule has 3 rings (SSSR count). The molecular formula is C17H26N2O2S. The number of ether oxygens (including phenoxy) is 1. The van der Waals surface area contributed by atoms with E-state index in [2.05, 4.69) is 23.7 Å². The Morgan fingerprint density at radius 3 is 2.73 bits per heavy atom. The Bertz CT molecular complexity index is 553. The minimum absolute atomic E-state index is 0.0552. The van der Waals surface area contributed by atoms with Crippen molar-refractivity contribution < 1.29 is 9.53 Å².